The Hall–Kier alpha value is -1.52. The molecule has 0 atom stereocenters. The lowest BCUT2D eigenvalue weighted by Gasteiger charge is -2.11. The van der Waals surface area contributed by atoms with Crippen molar-refractivity contribution in [2.24, 2.45) is 5.16 Å². The van der Waals surface area contributed by atoms with Gasteiger partial charge in [0.15, 0.2) is 0 Å². The summed E-state index contributed by atoms with van der Waals surface area (Å²) in [7, 11) is 0. The minimum atomic E-state index is 0.411. The van der Waals surface area contributed by atoms with E-state index in [4.69, 9.17) is 21.5 Å². The lowest BCUT2D eigenvalue weighted by molar-refractivity contribution is 0.303. The molecule has 108 valence electrons. The molecule has 0 saturated heterocycles. The van der Waals surface area contributed by atoms with Crippen molar-refractivity contribution in [2.75, 3.05) is 0 Å². The molecule has 5 heteroatoms. The van der Waals surface area contributed by atoms with Crippen LogP contribution in [0.4, 0.5) is 0 Å². The summed E-state index contributed by atoms with van der Waals surface area (Å²) < 4.78 is 6.86. The van der Waals surface area contributed by atoms with Gasteiger partial charge in [0.2, 0.25) is 0 Å². The van der Waals surface area contributed by atoms with Gasteiger partial charge in [0, 0.05) is 26.2 Å². The van der Waals surface area contributed by atoms with E-state index in [0.717, 1.165) is 45.5 Å². The molecule has 2 aromatic rings. The maximum Gasteiger partial charge on any atom is 0.123 e. The molecule has 0 aliphatic heterocycles. The third-order valence-electron chi connectivity index (χ3n) is 3.57. The lowest BCUT2D eigenvalue weighted by atomic mass is 10.1. The van der Waals surface area contributed by atoms with Crippen molar-refractivity contribution >= 4 is 33.2 Å². The fourth-order valence-electron chi connectivity index (χ4n) is 2.51. The molecule has 0 aromatic heterocycles. The fourth-order valence-corrected chi connectivity index (χ4v) is 3.23. The topological polar surface area (TPSA) is 41.8 Å². The highest BCUT2D eigenvalue weighted by Gasteiger charge is 2.21. The van der Waals surface area contributed by atoms with Crippen molar-refractivity contribution in [3.8, 4) is 5.75 Å². The van der Waals surface area contributed by atoms with Gasteiger partial charge in [-0.05, 0) is 31.0 Å². The minimum absolute atomic E-state index is 0.411. The molecule has 0 heterocycles. The Morgan fingerprint density at radius 3 is 2.86 bits per heavy atom. The molecule has 1 aliphatic rings. The van der Waals surface area contributed by atoms with Gasteiger partial charge in [-0.2, -0.15) is 0 Å². The molecule has 1 aliphatic carbocycles. The summed E-state index contributed by atoms with van der Waals surface area (Å²) in [5.41, 5.74) is 3.72. The van der Waals surface area contributed by atoms with Crippen LogP contribution in [-0.2, 0) is 13.0 Å². The van der Waals surface area contributed by atoms with Gasteiger partial charge in [-0.3, -0.25) is 0 Å². The lowest BCUT2D eigenvalue weighted by Crippen LogP contribution is -2.00. The molecule has 0 spiro atoms. The zero-order valence-corrected chi connectivity index (χ0v) is 13.5. The van der Waals surface area contributed by atoms with E-state index in [1.807, 2.05) is 36.4 Å². The number of rotatable bonds is 3. The van der Waals surface area contributed by atoms with Gasteiger partial charge in [-0.25, -0.2) is 0 Å². The van der Waals surface area contributed by atoms with Crippen molar-refractivity contribution in [3.63, 3.8) is 0 Å². The van der Waals surface area contributed by atoms with Gasteiger partial charge in [0.25, 0.3) is 0 Å². The van der Waals surface area contributed by atoms with Gasteiger partial charge in [-0.15, -0.1) is 0 Å². The van der Waals surface area contributed by atoms with E-state index in [1.165, 1.54) is 0 Å². The highest BCUT2D eigenvalue weighted by atomic mass is 79.9. The molecule has 0 fully saturated rings. The summed E-state index contributed by atoms with van der Waals surface area (Å²) in [5.74, 6) is 0.824. The van der Waals surface area contributed by atoms with Crippen molar-refractivity contribution in [1.29, 1.82) is 0 Å². The number of hydrogen-bond acceptors (Lipinski definition) is 3. The van der Waals surface area contributed by atoms with Crippen molar-refractivity contribution in [3.05, 3.63) is 62.6 Å². The average Bonchev–Trinajstić information content (AvgIpc) is 2.90. The van der Waals surface area contributed by atoms with Crippen molar-refractivity contribution in [1.82, 2.24) is 0 Å². The summed E-state index contributed by atoms with van der Waals surface area (Å²) in [6.45, 7) is 0.411. The van der Waals surface area contributed by atoms with Crippen LogP contribution in [0.25, 0.3) is 0 Å². The monoisotopic (exact) mass is 365 g/mol. The van der Waals surface area contributed by atoms with Crippen LogP contribution in [-0.4, -0.2) is 10.9 Å². The Balaban J connectivity index is 1.82. The standard InChI is InChI=1S/C16H13BrClNO2/c17-11-5-4-10(14(18)8-11)9-21-16-3-1-2-12-13(16)6-7-15(12)19-20/h1-5,8,20H,6-7,9H2/b19-15-. The average molecular weight is 367 g/mol. The first-order chi connectivity index (χ1) is 10.2. The molecular formula is C16H13BrClNO2. The summed E-state index contributed by atoms with van der Waals surface area (Å²) in [6.07, 6.45) is 1.57. The SMILES string of the molecule is O/N=C1/CCc2c(OCc3ccc(Br)cc3Cl)cccc21. The quantitative estimate of drug-likeness (QED) is 0.626. The van der Waals surface area contributed by atoms with Crippen LogP contribution in [0.15, 0.2) is 46.0 Å². The molecule has 1 N–H and O–H groups in total. The first-order valence-electron chi connectivity index (χ1n) is 6.59. The molecule has 0 saturated carbocycles. The maximum atomic E-state index is 9.00. The highest BCUT2D eigenvalue weighted by Crippen LogP contribution is 2.32. The number of halogens is 2. The normalized spacial score (nSPS) is 15.2. The van der Waals surface area contributed by atoms with Crippen LogP contribution < -0.4 is 4.74 Å². The van der Waals surface area contributed by atoms with Gasteiger partial charge < -0.3 is 9.94 Å². The third kappa shape index (κ3) is 2.92. The molecule has 2 aromatic carbocycles. The summed E-state index contributed by atoms with van der Waals surface area (Å²) in [6, 6.07) is 11.5. The van der Waals surface area contributed by atoms with Crippen LogP contribution in [0.1, 0.15) is 23.1 Å². The minimum Gasteiger partial charge on any atom is -0.489 e. The zero-order chi connectivity index (χ0) is 14.8. The number of oxime groups is 1. The van der Waals surface area contributed by atoms with Gasteiger partial charge in [0.1, 0.15) is 12.4 Å². The summed E-state index contributed by atoms with van der Waals surface area (Å²) >= 11 is 9.58. The van der Waals surface area contributed by atoms with Crippen molar-refractivity contribution < 1.29 is 9.94 Å². The van der Waals surface area contributed by atoms with E-state index in [-0.39, 0.29) is 0 Å². The summed E-state index contributed by atoms with van der Waals surface area (Å²) in [5, 5.41) is 13.0. The largest absolute Gasteiger partial charge is 0.489 e. The number of fused-ring (bicyclic) bond motifs is 1. The van der Waals surface area contributed by atoms with E-state index in [0.29, 0.717) is 11.6 Å². The van der Waals surface area contributed by atoms with E-state index < -0.39 is 0 Å². The Kier molecular flexibility index (Phi) is 4.17. The van der Waals surface area contributed by atoms with E-state index in [2.05, 4.69) is 21.1 Å². The molecule has 21 heavy (non-hydrogen) atoms. The molecular weight excluding hydrogens is 354 g/mol. The third-order valence-corrected chi connectivity index (χ3v) is 4.42. The number of benzene rings is 2. The molecule has 3 rings (SSSR count). The smallest absolute Gasteiger partial charge is 0.123 e. The summed E-state index contributed by atoms with van der Waals surface area (Å²) in [4.78, 5) is 0. The molecule has 0 radical (unpaired) electrons. The van der Waals surface area contributed by atoms with Crippen LogP contribution in [0.2, 0.25) is 5.02 Å². The fraction of sp³-hybridized carbons (Fsp3) is 0.188. The van der Waals surface area contributed by atoms with E-state index in [1.54, 1.807) is 0 Å². The first kappa shape index (κ1) is 14.4. The van der Waals surface area contributed by atoms with Crippen LogP contribution in [0.5, 0.6) is 5.75 Å². The predicted octanol–water partition coefficient (Wildman–Crippen LogP) is 4.81. The van der Waals surface area contributed by atoms with Crippen LogP contribution >= 0.6 is 27.5 Å². The molecule has 0 unspecified atom stereocenters. The van der Waals surface area contributed by atoms with E-state index >= 15 is 0 Å². The van der Waals surface area contributed by atoms with Crippen molar-refractivity contribution in [2.45, 2.75) is 19.4 Å². The zero-order valence-electron chi connectivity index (χ0n) is 11.1. The molecule has 0 bridgehead atoms. The number of ether oxygens (including phenoxy) is 1. The Bertz CT molecular complexity index is 715. The molecule has 0 amide bonds. The Labute approximate surface area is 136 Å². The second-order valence-corrected chi connectivity index (χ2v) is 6.18. The Morgan fingerprint density at radius 2 is 2.10 bits per heavy atom. The second-order valence-electron chi connectivity index (χ2n) is 4.85. The van der Waals surface area contributed by atoms with Crippen LogP contribution in [0, 0.1) is 0 Å². The number of hydrogen-bond donors (Lipinski definition) is 1. The highest BCUT2D eigenvalue weighted by molar-refractivity contribution is 9.10. The van der Waals surface area contributed by atoms with Gasteiger partial charge in [-0.1, -0.05) is 50.9 Å². The molecule has 3 nitrogen and oxygen atoms in total. The Morgan fingerprint density at radius 1 is 1.24 bits per heavy atom. The van der Waals surface area contributed by atoms with Gasteiger partial charge in [0.05, 0.1) is 5.71 Å². The second kappa shape index (κ2) is 6.08. The van der Waals surface area contributed by atoms with Gasteiger partial charge >= 0.3 is 0 Å². The van der Waals surface area contributed by atoms with Crippen LogP contribution in [0.3, 0.4) is 0 Å². The predicted molar refractivity (Wildman–Crippen MR) is 86.6 cm³/mol. The first-order valence-corrected chi connectivity index (χ1v) is 7.76. The maximum absolute atomic E-state index is 9.00. The van der Waals surface area contributed by atoms with E-state index in [9.17, 15) is 0 Å². The number of nitrogens with zero attached hydrogens (tertiary/aromatic N) is 1.